The topological polar surface area (TPSA) is 61.4 Å². The van der Waals surface area contributed by atoms with Gasteiger partial charge in [-0.2, -0.15) is 0 Å². The third-order valence-electron chi connectivity index (χ3n) is 3.08. The maximum atomic E-state index is 11.9. The molecule has 5 nitrogen and oxygen atoms in total. The van der Waals surface area contributed by atoms with E-state index in [1.807, 2.05) is 26.8 Å². The molecule has 20 heavy (non-hydrogen) atoms. The van der Waals surface area contributed by atoms with Crippen LogP contribution in [0.1, 0.15) is 26.3 Å². The first kappa shape index (κ1) is 16.2. The number of hydrogen-bond acceptors (Lipinski definition) is 3. The van der Waals surface area contributed by atoms with Gasteiger partial charge in [0.15, 0.2) is 0 Å². The number of likely N-dealkylation sites (N-methyl/N-ethyl adjacent to an activating group) is 1. The van der Waals surface area contributed by atoms with E-state index in [9.17, 15) is 9.59 Å². The van der Waals surface area contributed by atoms with Crippen molar-refractivity contribution >= 4 is 23.2 Å². The van der Waals surface area contributed by atoms with Crippen molar-refractivity contribution in [3.05, 3.63) is 23.8 Å². The van der Waals surface area contributed by atoms with Crippen molar-refractivity contribution in [2.45, 2.75) is 27.7 Å². The molecular formula is C15H23N3O2. The number of carbonyl (C=O) groups excluding carboxylic acids is 2. The van der Waals surface area contributed by atoms with Crippen LogP contribution in [0.2, 0.25) is 0 Å². The standard InChI is InChI=1S/C15H23N3O2/c1-5-18(6-2)10-15(20)17-14-8-7-13(9-11(14)3)16-12(4)19/h7-9H,5-6,10H2,1-4H3,(H,16,19)(H,17,20). The molecule has 0 radical (unpaired) electrons. The van der Waals surface area contributed by atoms with Gasteiger partial charge in [0, 0.05) is 18.3 Å². The molecule has 0 atom stereocenters. The smallest absolute Gasteiger partial charge is 0.238 e. The van der Waals surface area contributed by atoms with E-state index in [2.05, 4.69) is 15.5 Å². The molecule has 1 aromatic carbocycles. The van der Waals surface area contributed by atoms with Crippen molar-refractivity contribution in [3.8, 4) is 0 Å². The van der Waals surface area contributed by atoms with Gasteiger partial charge in [0.2, 0.25) is 11.8 Å². The zero-order valence-corrected chi connectivity index (χ0v) is 12.6. The van der Waals surface area contributed by atoms with E-state index in [0.717, 1.165) is 30.0 Å². The van der Waals surface area contributed by atoms with Gasteiger partial charge in [-0.3, -0.25) is 14.5 Å². The normalized spacial score (nSPS) is 10.4. The molecule has 0 aromatic heterocycles. The van der Waals surface area contributed by atoms with Gasteiger partial charge in [0.25, 0.3) is 0 Å². The Hall–Kier alpha value is -1.88. The second kappa shape index (κ2) is 7.65. The number of nitrogens with one attached hydrogen (secondary N) is 2. The molecule has 0 fully saturated rings. The molecule has 0 aliphatic rings. The fourth-order valence-electron chi connectivity index (χ4n) is 1.92. The summed E-state index contributed by atoms with van der Waals surface area (Å²) in [7, 11) is 0. The molecule has 5 heteroatoms. The summed E-state index contributed by atoms with van der Waals surface area (Å²) in [6.07, 6.45) is 0. The number of hydrogen-bond donors (Lipinski definition) is 2. The number of aryl methyl sites for hydroxylation is 1. The molecule has 0 aliphatic heterocycles. The molecule has 1 rings (SSSR count). The summed E-state index contributed by atoms with van der Waals surface area (Å²) in [6, 6.07) is 5.43. The molecule has 2 N–H and O–H groups in total. The third kappa shape index (κ3) is 5.01. The summed E-state index contributed by atoms with van der Waals surface area (Å²) in [4.78, 5) is 25.0. The number of amides is 2. The third-order valence-corrected chi connectivity index (χ3v) is 3.08. The average molecular weight is 277 g/mol. The maximum absolute atomic E-state index is 11.9. The highest BCUT2D eigenvalue weighted by Gasteiger charge is 2.09. The van der Waals surface area contributed by atoms with Crippen molar-refractivity contribution in [1.29, 1.82) is 0 Å². The highest BCUT2D eigenvalue weighted by molar-refractivity contribution is 5.94. The van der Waals surface area contributed by atoms with Crippen LogP contribution in [-0.2, 0) is 9.59 Å². The summed E-state index contributed by atoms with van der Waals surface area (Å²) in [5.41, 5.74) is 2.43. The Morgan fingerprint density at radius 1 is 1.15 bits per heavy atom. The predicted molar refractivity (Wildman–Crippen MR) is 81.9 cm³/mol. The fraction of sp³-hybridized carbons (Fsp3) is 0.467. The van der Waals surface area contributed by atoms with Crippen LogP contribution in [0.3, 0.4) is 0 Å². The van der Waals surface area contributed by atoms with E-state index in [4.69, 9.17) is 0 Å². The number of anilines is 2. The SMILES string of the molecule is CCN(CC)CC(=O)Nc1ccc(NC(C)=O)cc1C. The van der Waals surface area contributed by atoms with Crippen molar-refractivity contribution in [1.82, 2.24) is 4.90 Å². The molecule has 0 bridgehead atoms. The van der Waals surface area contributed by atoms with Crippen molar-refractivity contribution in [3.63, 3.8) is 0 Å². The lowest BCUT2D eigenvalue weighted by molar-refractivity contribution is -0.117. The Morgan fingerprint density at radius 2 is 1.80 bits per heavy atom. The first-order valence-electron chi connectivity index (χ1n) is 6.86. The molecule has 0 aliphatic carbocycles. The van der Waals surface area contributed by atoms with Gasteiger partial charge in [0.1, 0.15) is 0 Å². The number of carbonyl (C=O) groups is 2. The van der Waals surface area contributed by atoms with E-state index in [0.29, 0.717) is 6.54 Å². The van der Waals surface area contributed by atoms with Crippen LogP contribution in [-0.4, -0.2) is 36.3 Å². The number of nitrogens with zero attached hydrogens (tertiary/aromatic N) is 1. The number of benzene rings is 1. The summed E-state index contributed by atoms with van der Waals surface area (Å²) < 4.78 is 0. The fourth-order valence-corrected chi connectivity index (χ4v) is 1.92. The highest BCUT2D eigenvalue weighted by Crippen LogP contribution is 2.19. The second-order valence-corrected chi connectivity index (χ2v) is 4.72. The van der Waals surface area contributed by atoms with Gasteiger partial charge in [0.05, 0.1) is 6.54 Å². The predicted octanol–water partition coefficient (Wildman–Crippen LogP) is 2.23. The van der Waals surface area contributed by atoms with Gasteiger partial charge >= 0.3 is 0 Å². The van der Waals surface area contributed by atoms with Gasteiger partial charge in [-0.1, -0.05) is 13.8 Å². The van der Waals surface area contributed by atoms with E-state index < -0.39 is 0 Å². The van der Waals surface area contributed by atoms with Gasteiger partial charge in [-0.25, -0.2) is 0 Å². The minimum Gasteiger partial charge on any atom is -0.326 e. The first-order chi connectivity index (χ1) is 9.46. The first-order valence-corrected chi connectivity index (χ1v) is 6.86. The van der Waals surface area contributed by atoms with Crippen LogP contribution in [0.5, 0.6) is 0 Å². The van der Waals surface area contributed by atoms with E-state index in [1.165, 1.54) is 6.92 Å². The van der Waals surface area contributed by atoms with Crippen LogP contribution in [0.25, 0.3) is 0 Å². The Bertz CT molecular complexity index is 482. The molecule has 2 amide bonds. The molecular weight excluding hydrogens is 254 g/mol. The zero-order chi connectivity index (χ0) is 15.1. The summed E-state index contributed by atoms with van der Waals surface area (Å²) in [5, 5.41) is 5.61. The number of rotatable bonds is 6. The van der Waals surface area contributed by atoms with Crippen LogP contribution in [0, 0.1) is 6.92 Å². The van der Waals surface area contributed by atoms with Gasteiger partial charge in [-0.15, -0.1) is 0 Å². The molecule has 0 heterocycles. The lowest BCUT2D eigenvalue weighted by Gasteiger charge is -2.18. The van der Waals surface area contributed by atoms with Gasteiger partial charge in [-0.05, 0) is 43.8 Å². The molecule has 0 saturated heterocycles. The van der Waals surface area contributed by atoms with Crippen LogP contribution in [0.15, 0.2) is 18.2 Å². The Labute approximate surface area is 120 Å². The summed E-state index contributed by atoms with van der Waals surface area (Å²) >= 11 is 0. The van der Waals surface area contributed by atoms with Crippen molar-refractivity contribution in [2.75, 3.05) is 30.3 Å². The largest absolute Gasteiger partial charge is 0.326 e. The molecule has 0 unspecified atom stereocenters. The molecule has 110 valence electrons. The second-order valence-electron chi connectivity index (χ2n) is 4.72. The minimum atomic E-state index is -0.109. The Balaban J connectivity index is 2.68. The van der Waals surface area contributed by atoms with E-state index in [-0.39, 0.29) is 11.8 Å². The Kier molecular flexibility index (Phi) is 6.18. The molecule has 1 aromatic rings. The lowest BCUT2D eigenvalue weighted by atomic mass is 10.1. The van der Waals surface area contributed by atoms with Crippen LogP contribution >= 0.6 is 0 Å². The lowest BCUT2D eigenvalue weighted by Crippen LogP contribution is -2.33. The highest BCUT2D eigenvalue weighted by atomic mass is 16.2. The molecule has 0 saturated carbocycles. The van der Waals surface area contributed by atoms with Crippen LogP contribution in [0.4, 0.5) is 11.4 Å². The Morgan fingerprint density at radius 3 is 2.30 bits per heavy atom. The van der Waals surface area contributed by atoms with Crippen molar-refractivity contribution in [2.24, 2.45) is 0 Å². The maximum Gasteiger partial charge on any atom is 0.238 e. The van der Waals surface area contributed by atoms with Crippen molar-refractivity contribution < 1.29 is 9.59 Å². The average Bonchev–Trinajstić information content (AvgIpc) is 2.38. The molecule has 0 spiro atoms. The quantitative estimate of drug-likeness (QED) is 0.838. The van der Waals surface area contributed by atoms with E-state index in [1.54, 1.807) is 12.1 Å². The van der Waals surface area contributed by atoms with Crippen LogP contribution < -0.4 is 10.6 Å². The van der Waals surface area contributed by atoms with Gasteiger partial charge < -0.3 is 10.6 Å². The minimum absolute atomic E-state index is 0.0240. The zero-order valence-electron chi connectivity index (χ0n) is 12.6. The monoisotopic (exact) mass is 277 g/mol. The summed E-state index contributed by atoms with van der Waals surface area (Å²) in [6.45, 7) is 9.52. The van der Waals surface area contributed by atoms with E-state index >= 15 is 0 Å². The summed E-state index contributed by atoms with van der Waals surface area (Å²) in [5.74, 6) is -0.133.